The molecule has 9 heteroatoms. The van der Waals surface area contributed by atoms with Gasteiger partial charge in [0, 0.05) is 30.9 Å². The lowest BCUT2D eigenvalue weighted by Gasteiger charge is -2.36. The van der Waals surface area contributed by atoms with Gasteiger partial charge in [0.15, 0.2) is 0 Å². The van der Waals surface area contributed by atoms with Crippen LogP contribution in [0.4, 0.5) is 0 Å². The number of carbonyl (C=O) groups is 2. The largest absolute Gasteiger partial charge is 0.480 e. The molecule has 0 radical (unpaired) electrons. The third kappa shape index (κ3) is 10.7. The molecule has 0 rings (SSSR count). The lowest BCUT2D eigenvalue weighted by molar-refractivity contribution is -0.143. The molecule has 6 atom stereocenters. The molecular formula is C21H44N4O3S2. The fourth-order valence-corrected chi connectivity index (χ4v) is 3.99. The third-order valence-electron chi connectivity index (χ3n) is 5.84. The summed E-state index contributed by atoms with van der Waals surface area (Å²) >= 11 is 5.83. The predicted molar refractivity (Wildman–Crippen MR) is 132 cm³/mol. The van der Waals surface area contributed by atoms with Crippen LogP contribution in [0.25, 0.3) is 0 Å². The van der Waals surface area contributed by atoms with E-state index in [9.17, 15) is 14.7 Å². The average Bonchev–Trinajstić information content (AvgIpc) is 2.72. The van der Waals surface area contributed by atoms with E-state index >= 15 is 0 Å². The predicted octanol–water partition coefficient (Wildman–Crippen LogP) is 1.92. The minimum atomic E-state index is -0.983. The third-order valence-corrected chi connectivity index (χ3v) is 6.96. The van der Waals surface area contributed by atoms with Crippen molar-refractivity contribution in [3.05, 3.63) is 0 Å². The van der Waals surface area contributed by atoms with E-state index < -0.39 is 18.1 Å². The number of nitrogens with one attached hydrogen (secondary N) is 2. The van der Waals surface area contributed by atoms with Gasteiger partial charge in [0.25, 0.3) is 0 Å². The zero-order chi connectivity index (χ0) is 23.3. The molecule has 7 nitrogen and oxygen atoms in total. The van der Waals surface area contributed by atoms with Crippen LogP contribution >= 0.6 is 24.4 Å². The van der Waals surface area contributed by atoms with E-state index in [2.05, 4.69) is 48.9 Å². The molecule has 178 valence electrons. The van der Waals surface area contributed by atoms with Crippen LogP contribution in [-0.2, 0) is 9.59 Å². The summed E-state index contributed by atoms with van der Waals surface area (Å²) in [5.41, 5.74) is 6.02. The summed E-state index contributed by atoms with van der Waals surface area (Å²) in [4.78, 5) is 26.8. The van der Waals surface area contributed by atoms with E-state index in [1.54, 1.807) is 11.8 Å². The second-order valence-corrected chi connectivity index (χ2v) is 9.64. The molecule has 0 unspecified atom stereocenters. The number of nitrogens with zero attached hydrogens (tertiary/aromatic N) is 1. The Morgan fingerprint density at radius 1 is 1.20 bits per heavy atom. The van der Waals surface area contributed by atoms with E-state index in [-0.39, 0.29) is 23.9 Å². The number of hydrogen-bond donors (Lipinski definition) is 5. The Balaban J connectivity index is 5.35. The normalized spacial score (nSPS) is 17.8. The monoisotopic (exact) mass is 464 g/mol. The van der Waals surface area contributed by atoms with Crippen molar-refractivity contribution in [2.45, 2.75) is 71.1 Å². The Kier molecular flexibility index (Phi) is 15.9. The van der Waals surface area contributed by atoms with Gasteiger partial charge < -0.3 is 21.5 Å². The lowest BCUT2D eigenvalue weighted by Crippen LogP contribution is -2.56. The molecule has 0 aliphatic carbocycles. The molecule has 0 aromatic rings. The fraction of sp³-hybridized carbons (Fsp3) is 0.905. The molecule has 0 saturated heterocycles. The summed E-state index contributed by atoms with van der Waals surface area (Å²) < 4.78 is 0. The lowest BCUT2D eigenvalue weighted by atomic mass is 9.93. The molecule has 0 aliphatic rings. The van der Waals surface area contributed by atoms with E-state index in [1.807, 2.05) is 20.2 Å². The Labute approximate surface area is 193 Å². The summed E-state index contributed by atoms with van der Waals surface area (Å²) in [6.45, 7) is 9.79. The van der Waals surface area contributed by atoms with Gasteiger partial charge in [-0.25, -0.2) is 4.79 Å². The molecule has 0 fully saturated rings. The summed E-state index contributed by atoms with van der Waals surface area (Å²) in [6.07, 6.45) is 4.19. The second kappa shape index (κ2) is 16.2. The highest BCUT2D eigenvalue weighted by Gasteiger charge is 2.33. The van der Waals surface area contributed by atoms with Gasteiger partial charge in [-0.05, 0) is 37.3 Å². The van der Waals surface area contributed by atoms with Crippen molar-refractivity contribution in [1.29, 1.82) is 0 Å². The van der Waals surface area contributed by atoms with E-state index in [4.69, 9.17) is 5.73 Å². The molecule has 5 N–H and O–H groups in total. The van der Waals surface area contributed by atoms with Crippen LogP contribution in [0.2, 0.25) is 0 Å². The molecule has 0 heterocycles. The molecule has 0 bridgehead atoms. The second-order valence-electron chi connectivity index (χ2n) is 8.29. The maximum absolute atomic E-state index is 13.1. The molecule has 1 amide bonds. The van der Waals surface area contributed by atoms with Crippen molar-refractivity contribution in [3.8, 4) is 0 Å². The van der Waals surface area contributed by atoms with Crippen LogP contribution in [0.1, 0.15) is 47.0 Å². The summed E-state index contributed by atoms with van der Waals surface area (Å²) in [5.74, 6) is 0.613. The van der Waals surface area contributed by atoms with E-state index in [0.717, 1.165) is 12.8 Å². The van der Waals surface area contributed by atoms with E-state index in [0.29, 0.717) is 36.9 Å². The maximum atomic E-state index is 13.1. The highest BCUT2D eigenvalue weighted by molar-refractivity contribution is 7.98. The Morgan fingerprint density at radius 2 is 1.80 bits per heavy atom. The highest BCUT2D eigenvalue weighted by atomic mass is 32.2. The molecule has 0 saturated carbocycles. The van der Waals surface area contributed by atoms with Crippen LogP contribution < -0.4 is 16.4 Å². The molecule has 0 aromatic heterocycles. The van der Waals surface area contributed by atoms with Gasteiger partial charge in [0.2, 0.25) is 5.91 Å². The number of carboxylic acid groups (broad SMARTS) is 1. The Morgan fingerprint density at radius 3 is 2.27 bits per heavy atom. The molecule has 0 spiro atoms. The van der Waals surface area contributed by atoms with E-state index in [1.165, 1.54) is 0 Å². The van der Waals surface area contributed by atoms with Crippen LogP contribution in [0, 0.1) is 11.8 Å². The van der Waals surface area contributed by atoms with Crippen molar-refractivity contribution in [2.24, 2.45) is 17.6 Å². The van der Waals surface area contributed by atoms with Gasteiger partial charge in [-0.1, -0.05) is 40.5 Å². The number of thioether (sulfide) groups is 1. The first-order valence-corrected chi connectivity index (χ1v) is 13.0. The van der Waals surface area contributed by atoms with Gasteiger partial charge in [-0.2, -0.15) is 24.4 Å². The quantitative estimate of drug-likeness (QED) is 0.209. The highest BCUT2D eigenvalue weighted by Crippen LogP contribution is 2.18. The minimum Gasteiger partial charge on any atom is -0.480 e. The number of aliphatic carboxylic acids is 1. The van der Waals surface area contributed by atoms with Crippen LogP contribution in [0.5, 0.6) is 0 Å². The Bertz CT molecular complexity index is 499. The molecular weight excluding hydrogens is 420 g/mol. The number of carboxylic acids is 1. The number of rotatable bonds is 17. The maximum Gasteiger partial charge on any atom is 0.326 e. The average molecular weight is 465 g/mol. The van der Waals surface area contributed by atoms with Gasteiger partial charge >= 0.3 is 5.97 Å². The zero-order valence-electron chi connectivity index (χ0n) is 19.6. The topological polar surface area (TPSA) is 108 Å². The summed E-state index contributed by atoms with van der Waals surface area (Å²) in [6, 6.07) is -1.09. The van der Waals surface area contributed by atoms with Crippen molar-refractivity contribution < 1.29 is 14.7 Å². The van der Waals surface area contributed by atoms with Crippen molar-refractivity contribution in [3.63, 3.8) is 0 Å². The Hall–Kier alpha value is -0.480. The first-order valence-electron chi connectivity index (χ1n) is 10.9. The number of carbonyl (C=O) groups excluding carboxylic acids is 1. The standard InChI is InChI=1S/C21H44N4O3S2/c1-7-14(3)18(23-11-16(22)13-29)12-25(5)19(15(4)8-2)20(26)24-17(21(27)28)9-10-30-6/h14-19,23,29H,7-13,22H2,1-6H3,(H,24,26)(H,27,28)/t14-,15-,16+,17-,18+,19-/m0/s1. The summed E-state index contributed by atoms with van der Waals surface area (Å²) in [5, 5.41) is 15.8. The minimum absolute atomic E-state index is 0.0217. The van der Waals surface area contributed by atoms with Crippen LogP contribution in [0.3, 0.4) is 0 Å². The van der Waals surface area contributed by atoms with Gasteiger partial charge in [-0.15, -0.1) is 0 Å². The molecule has 0 aromatic carbocycles. The van der Waals surface area contributed by atoms with Crippen molar-refractivity contribution >= 4 is 36.3 Å². The zero-order valence-corrected chi connectivity index (χ0v) is 21.3. The van der Waals surface area contributed by atoms with Gasteiger partial charge in [0.1, 0.15) is 6.04 Å². The fourth-order valence-electron chi connectivity index (χ4n) is 3.39. The van der Waals surface area contributed by atoms with Gasteiger partial charge in [-0.3, -0.25) is 9.69 Å². The first kappa shape index (κ1) is 29.5. The molecule has 30 heavy (non-hydrogen) atoms. The van der Waals surface area contributed by atoms with Crippen LogP contribution in [-0.4, -0.2) is 83.9 Å². The first-order chi connectivity index (χ1) is 14.1. The molecule has 0 aliphatic heterocycles. The number of likely N-dealkylation sites (N-methyl/N-ethyl adjacent to an activating group) is 1. The van der Waals surface area contributed by atoms with Gasteiger partial charge in [0.05, 0.1) is 6.04 Å². The summed E-state index contributed by atoms with van der Waals surface area (Å²) in [7, 11) is 1.95. The van der Waals surface area contributed by atoms with Crippen LogP contribution in [0.15, 0.2) is 0 Å². The van der Waals surface area contributed by atoms with Crippen molar-refractivity contribution in [1.82, 2.24) is 15.5 Å². The number of hydrogen-bond acceptors (Lipinski definition) is 7. The smallest absolute Gasteiger partial charge is 0.326 e. The number of nitrogens with two attached hydrogens (primary N) is 1. The SMILES string of the molecule is CC[C@H](C)[C@@H](C(=O)N[C@@H](CCSC)C(=O)O)N(C)C[C@@H](NC[C@@H](N)CS)[C@@H](C)CC. The van der Waals surface area contributed by atoms with Crippen molar-refractivity contribution in [2.75, 3.05) is 37.9 Å². The number of amides is 1. The number of thiol groups is 1.